The Morgan fingerprint density at radius 1 is 1.57 bits per heavy atom. The van der Waals surface area contributed by atoms with E-state index in [1.165, 1.54) is 0 Å². The molecule has 2 rings (SSSR count). The lowest BCUT2D eigenvalue weighted by atomic mass is 9.93. The largest absolute Gasteiger partial charge is 0.493 e. The Balaban J connectivity index is 2.38. The molecule has 1 heterocycles. The average Bonchev–Trinajstić information content (AvgIpc) is 2.23. The number of fused-ring (bicyclic) bond motifs is 1. The molecule has 0 aliphatic carbocycles. The van der Waals surface area contributed by atoms with Crippen LogP contribution in [0, 0.1) is 12.8 Å². The van der Waals surface area contributed by atoms with Gasteiger partial charge in [-0.2, -0.15) is 0 Å². The number of hydrogen-bond donors (Lipinski definition) is 2. The molecule has 0 fully saturated rings. The van der Waals surface area contributed by atoms with Gasteiger partial charge in [0, 0.05) is 18.2 Å². The number of ether oxygens (including phenoxy) is 1. The van der Waals surface area contributed by atoms with E-state index in [4.69, 9.17) is 15.6 Å². The Bertz CT molecular complexity index is 349. The molecule has 1 atom stereocenters. The fourth-order valence-corrected chi connectivity index (χ4v) is 1.81. The van der Waals surface area contributed by atoms with Crippen molar-refractivity contribution in [2.45, 2.75) is 13.3 Å². The first kappa shape index (κ1) is 9.34. The third-order valence-corrected chi connectivity index (χ3v) is 2.82. The van der Waals surface area contributed by atoms with Crippen molar-refractivity contribution in [3.63, 3.8) is 0 Å². The van der Waals surface area contributed by atoms with Crippen LogP contribution in [-0.2, 0) is 6.42 Å². The van der Waals surface area contributed by atoms with Gasteiger partial charge in [-0.25, -0.2) is 0 Å². The lowest BCUT2D eigenvalue weighted by Gasteiger charge is -2.25. The Hall–Kier alpha value is -1.22. The normalized spacial score (nSPS) is 20.0. The molecule has 0 radical (unpaired) electrons. The molecule has 1 aliphatic rings. The number of nitrogens with two attached hydrogens (primary N) is 1. The molecule has 0 spiro atoms. The lowest BCUT2D eigenvalue weighted by Crippen LogP contribution is -2.24. The quantitative estimate of drug-likeness (QED) is 0.657. The molecule has 0 aromatic heterocycles. The van der Waals surface area contributed by atoms with E-state index in [2.05, 4.69) is 0 Å². The van der Waals surface area contributed by atoms with Gasteiger partial charge in [-0.15, -0.1) is 0 Å². The summed E-state index contributed by atoms with van der Waals surface area (Å²) in [6.07, 6.45) is 0.864. The first-order chi connectivity index (χ1) is 6.72. The van der Waals surface area contributed by atoms with Crippen molar-refractivity contribution in [1.29, 1.82) is 0 Å². The van der Waals surface area contributed by atoms with Crippen LogP contribution < -0.4 is 10.5 Å². The topological polar surface area (TPSA) is 55.5 Å². The van der Waals surface area contributed by atoms with E-state index in [0.29, 0.717) is 6.61 Å². The number of benzene rings is 1. The van der Waals surface area contributed by atoms with Crippen LogP contribution in [-0.4, -0.2) is 18.3 Å². The van der Waals surface area contributed by atoms with Gasteiger partial charge < -0.3 is 15.6 Å². The Kier molecular flexibility index (Phi) is 2.33. The Morgan fingerprint density at radius 2 is 2.36 bits per heavy atom. The molecule has 1 aliphatic heterocycles. The maximum atomic E-state index is 9.07. The summed E-state index contributed by atoms with van der Waals surface area (Å²) in [6.45, 7) is 2.78. The molecule has 1 aromatic carbocycles. The molecule has 0 saturated carbocycles. The van der Waals surface area contributed by atoms with E-state index in [9.17, 15) is 0 Å². The van der Waals surface area contributed by atoms with E-state index in [0.717, 1.165) is 29.0 Å². The molecule has 1 unspecified atom stereocenters. The summed E-state index contributed by atoms with van der Waals surface area (Å²) in [4.78, 5) is 0. The summed E-state index contributed by atoms with van der Waals surface area (Å²) in [6, 6.07) is 3.78. The maximum Gasteiger partial charge on any atom is 0.122 e. The van der Waals surface area contributed by atoms with Crippen molar-refractivity contribution >= 4 is 5.69 Å². The van der Waals surface area contributed by atoms with E-state index < -0.39 is 0 Å². The van der Waals surface area contributed by atoms with Crippen LogP contribution in [0.15, 0.2) is 12.1 Å². The second-order valence-corrected chi connectivity index (χ2v) is 3.82. The molecule has 14 heavy (non-hydrogen) atoms. The van der Waals surface area contributed by atoms with Crippen LogP contribution in [0.25, 0.3) is 0 Å². The molecule has 0 bridgehead atoms. The van der Waals surface area contributed by atoms with Gasteiger partial charge in [-0.05, 0) is 36.6 Å². The van der Waals surface area contributed by atoms with E-state index in [1.807, 2.05) is 19.1 Å². The standard InChI is InChI=1S/C11H15NO2/c1-7-9-4-8(5-13)6-14-11(9)3-2-10(7)12/h2-3,8,13H,4-6,12H2,1H3. The molecule has 3 heteroatoms. The smallest absolute Gasteiger partial charge is 0.122 e. The zero-order valence-corrected chi connectivity index (χ0v) is 8.29. The fraction of sp³-hybridized carbons (Fsp3) is 0.455. The van der Waals surface area contributed by atoms with Gasteiger partial charge in [-0.3, -0.25) is 0 Å². The molecular formula is C11H15NO2. The van der Waals surface area contributed by atoms with E-state index in [-0.39, 0.29) is 12.5 Å². The van der Waals surface area contributed by atoms with Gasteiger partial charge in [0.1, 0.15) is 5.75 Å². The van der Waals surface area contributed by atoms with Gasteiger partial charge in [0.25, 0.3) is 0 Å². The molecule has 0 saturated heterocycles. The molecule has 76 valence electrons. The summed E-state index contributed by atoms with van der Waals surface area (Å²) in [5.74, 6) is 1.13. The number of nitrogen functional groups attached to an aromatic ring is 1. The molecule has 0 amide bonds. The van der Waals surface area contributed by atoms with Crippen molar-refractivity contribution in [2.24, 2.45) is 5.92 Å². The SMILES string of the molecule is Cc1c(N)ccc2c1CC(CO)CO2. The van der Waals surface area contributed by atoms with Gasteiger partial charge in [0.05, 0.1) is 6.61 Å². The maximum absolute atomic E-state index is 9.07. The summed E-state index contributed by atoms with van der Waals surface area (Å²) in [5, 5.41) is 9.07. The van der Waals surface area contributed by atoms with E-state index >= 15 is 0 Å². The van der Waals surface area contributed by atoms with Crippen LogP contribution in [0.4, 0.5) is 5.69 Å². The highest BCUT2D eigenvalue weighted by atomic mass is 16.5. The third kappa shape index (κ3) is 1.44. The number of rotatable bonds is 1. The van der Waals surface area contributed by atoms with Gasteiger partial charge in [-0.1, -0.05) is 0 Å². The van der Waals surface area contributed by atoms with Gasteiger partial charge in [0.2, 0.25) is 0 Å². The fourth-order valence-electron chi connectivity index (χ4n) is 1.81. The van der Waals surface area contributed by atoms with Crippen molar-refractivity contribution in [3.8, 4) is 5.75 Å². The highest BCUT2D eigenvalue weighted by Crippen LogP contribution is 2.32. The minimum Gasteiger partial charge on any atom is -0.493 e. The molecular weight excluding hydrogens is 178 g/mol. The summed E-state index contributed by atoms with van der Waals surface area (Å²) >= 11 is 0. The van der Waals surface area contributed by atoms with Crippen molar-refractivity contribution in [1.82, 2.24) is 0 Å². The van der Waals surface area contributed by atoms with E-state index in [1.54, 1.807) is 0 Å². The minimum absolute atomic E-state index is 0.174. The van der Waals surface area contributed by atoms with Gasteiger partial charge >= 0.3 is 0 Å². The number of aliphatic hydroxyl groups is 1. The predicted molar refractivity (Wildman–Crippen MR) is 55.4 cm³/mol. The van der Waals surface area contributed by atoms with Crippen molar-refractivity contribution in [2.75, 3.05) is 18.9 Å². The zero-order valence-electron chi connectivity index (χ0n) is 8.29. The summed E-state index contributed by atoms with van der Waals surface area (Å²) < 4.78 is 5.55. The van der Waals surface area contributed by atoms with Gasteiger partial charge in [0.15, 0.2) is 0 Å². The average molecular weight is 193 g/mol. The summed E-state index contributed by atoms with van der Waals surface area (Å²) in [5.41, 5.74) is 8.84. The Labute approximate surface area is 83.5 Å². The van der Waals surface area contributed by atoms with Crippen LogP contribution >= 0.6 is 0 Å². The van der Waals surface area contributed by atoms with Crippen molar-refractivity contribution < 1.29 is 9.84 Å². The first-order valence-corrected chi connectivity index (χ1v) is 4.84. The van der Waals surface area contributed by atoms with Crippen molar-refractivity contribution in [3.05, 3.63) is 23.3 Å². The van der Waals surface area contributed by atoms with Crippen LogP contribution in [0.3, 0.4) is 0 Å². The second kappa shape index (κ2) is 3.50. The van der Waals surface area contributed by atoms with Crippen LogP contribution in [0.1, 0.15) is 11.1 Å². The highest BCUT2D eigenvalue weighted by molar-refractivity contribution is 5.56. The monoisotopic (exact) mass is 193 g/mol. The number of anilines is 1. The number of hydrogen-bond acceptors (Lipinski definition) is 3. The van der Waals surface area contributed by atoms with Crippen LogP contribution in [0.5, 0.6) is 5.75 Å². The summed E-state index contributed by atoms with van der Waals surface area (Å²) in [7, 11) is 0. The highest BCUT2D eigenvalue weighted by Gasteiger charge is 2.21. The first-order valence-electron chi connectivity index (χ1n) is 4.84. The number of aliphatic hydroxyl groups excluding tert-OH is 1. The Morgan fingerprint density at radius 3 is 3.07 bits per heavy atom. The van der Waals surface area contributed by atoms with Crippen LogP contribution in [0.2, 0.25) is 0 Å². The minimum atomic E-state index is 0.174. The molecule has 3 N–H and O–H groups in total. The third-order valence-electron chi connectivity index (χ3n) is 2.82. The molecule has 3 nitrogen and oxygen atoms in total. The predicted octanol–water partition coefficient (Wildman–Crippen LogP) is 1.12. The molecule has 1 aromatic rings. The zero-order chi connectivity index (χ0) is 10.1. The second-order valence-electron chi connectivity index (χ2n) is 3.82. The lowest BCUT2D eigenvalue weighted by molar-refractivity contribution is 0.146.